The zero-order chi connectivity index (χ0) is 10.7. The van der Waals surface area contributed by atoms with Gasteiger partial charge in [0, 0.05) is 25.2 Å². The first kappa shape index (κ1) is 9.65. The minimum Gasteiger partial charge on any atom is -0.302 e. The number of benzene rings is 1. The fourth-order valence-corrected chi connectivity index (χ4v) is 1.49. The number of hydrogen-bond donors (Lipinski definition) is 0. The molecule has 0 aliphatic rings. The van der Waals surface area contributed by atoms with Crippen molar-refractivity contribution in [3.05, 3.63) is 64.3 Å². The van der Waals surface area contributed by atoms with Gasteiger partial charge in [-0.05, 0) is 5.56 Å². The summed E-state index contributed by atoms with van der Waals surface area (Å²) in [5.74, 6) is 0. The molecule has 2 aromatic rings. The number of hydrogen-bond acceptors (Lipinski definition) is 2. The smallest absolute Gasteiger partial charge is 0.256 e. The van der Waals surface area contributed by atoms with Crippen molar-refractivity contribution in [3.63, 3.8) is 0 Å². The van der Waals surface area contributed by atoms with Crippen LogP contribution < -0.4 is 5.56 Å². The number of aryl methyl sites for hydroxylation is 1. The topological polar surface area (TPSA) is 34.9 Å². The van der Waals surface area contributed by atoms with Crippen LogP contribution in [0.5, 0.6) is 0 Å². The summed E-state index contributed by atoms with van der Waals surface area (Å²) in [4.78, 5) is 15.7. The molecule has 15 heavy (non-hydrogen) atoms. The second-order valence-corrected chi connectivity index (χ2v) is 3.50. The van der Waals surface area contributed by atoms with Crippen LogP contribution in [0.2, 0.25) is 0 Å². The van der Waals surface area contributed by atoms with E-state index < -0.39 is 0 Å². The summed E-state index contributed by atoms with van der Waals surface area (Å²) in [5, 5.41) is 0. The molecule has 0 amide bonds. The van der Waals surface area contributed by atoms with Crippen molar-refractivity contribution in [1.82, 2.24) is 9.55 Å². The van der Waals surface area contributed by atoms with Crippen LogP contribution in [-0.4, -0.2) is 9.55 Å². The third-order valence-corrected chi connectivity index (χ3v) is 2.30. The SMILES string of the molecule is Cn1cncc(Cc2ccccc2)c1=O. The van der Waals surface area contributed by atoms with Crippen molar-refractivity contribution < 1.29 is 0 Å². The van der Waals surface area contributed by atoms with Crippen molar-refractivity contribution in [2.75, 3.05) is 0 Å². The van der Waals surface area contributed by atoms with E-state index in [1.165, 1.54) is 10.9 Å². The highest BCUT2D eigenvalue weighted by Gasteiger charge is 2.02. The summed E-state index contributed by atoms with van der Waals surface area (Å²) in [6.07, 6.45) is 3.80. The fourth-order valence-electron chi connectivity index (χ4n) is 1.49. The summed E-state index contributed by atoms with van der Waals surface area (Å²) in [6.45, 7) is 0. The van der Waals surface area contributed by atoms with E-state index >= 15 is 0 Å². The zero-order valence-corrected chi connectivity index (χ0v) is 8.55. The number of aromatic nitrogens is 2. The molecule has 0 saturated heterocycles. The molecule has 3 heteroatoms. The Bertz CT molecular complexity index is 503. The van der Waals surface area contributed by atoms with Gasteiger partial charge in [0.05, 0.1) is 6.33 Å². The van der Waals surface area contributed by atoms with Crippen LogP contribution in [0.4, 0.5) is 0 Å². The van der Waals surface area contributed by atoms with Crippen LogP contribution in [0.1, 0.15) is 11.1 Å². The van der Waals surface area contributed by atoms with Gasteiger partial charge in [-0.15, -0.1) is 0 Å². The average Bonchev–Trinajstić information content (AvgIpc) is 2.26. The monoisotopic (exact) mass is 200 g/mol. The molecular weight excluding hydrogens is 188 g/mol. The number of nitrogens with zero attached hydrogens (tertiary/aromatic N) is 2. The second-order valence-electron chi connectivity index (χ2n) is 3.50. The molecule has 0 aliphatic carbocycles. The lowest BCUT2D eigenvalue weighted by Crippen LogP contribution is -2.21. The van der Waals surface area contributed by atoms with Crippen LogP contribution >= 0.6 is 0 Å². The van der Waals surface area contributed by atoms with Gasteiger partial charge in [0.15, 0.2) is 0 Å². The summed E-state index contributed by atoms with van der Waals surface area (Å²) in [6, 6.07) is 9.91. The second kappa shape index (κ2) is 4.09. The lowest BCUT2D eigenvalue weighted by molar-refractivity contribution is 0.802. The Morgan fingerprint density at radius 2 is 2.00 bits per heavy atom. The van der Waals surface area contributed by atoms with Crippen LogP contribution in [0.25, 0.3) is 0 Å². The first-order valence-corrected chi connectivity index (χ1v) is 4.81. The van der Waals surface area contributed by atoms with Crippen LogP contribution in [0.3, 0.4) is 0 Å². The maximum absolute atomic E-state index is 11.7. The van der Waals surface area contributed by atoms with Gasteiger partial charge in [0.1, 0.15) is 0 Å². The standard InChI is InChI=1S/C12H12N2O/c1-14-9-13-8-11(12(14)15)7-10-5-3-2-4-6-10/h2-6,8-9H,7H2,1H3. The highest BCUT2D eigenvalue weighted by molar-refractivity contribution is 5.22. The van der Waals surface area contributed by atoms with Gasteiger partial charge in [-0.2, -0.15) is 0 Å². The Hall–Kier alpha value is -1.90. The van der Waals surface area contributed by atoms with Crippen molar-refractivity contribution in [2.24, 2.45) is 7.05 Å². The van der Waals surface area contributed by atoms with Crippen molar-refractivity contribution in [1.29, 1.82) is 0 Å². The normalized spacial score (nSPS) is 10.2. The summed E-state index contributed by atoms with van der Waals surface area (Å²) in [5.41, 5.74) is 1.88. The summed E-state index contributed by atoms with van der Waals surface area (Å²) < 4.78 is 1.50. The highest BCUT2D eigenvalue weighted by atomic mass is 16.1. The van der Waals surface area contributed by atoms with Gasteiger partial charge in [0.25, 0.3) is 5.56 Å². The van der Waals surface area contributed by atoms with E-state index in [1.54, 1.807) is 13.2 Å². The van der Waals surface area contributed by atoms with Crippen molar-refractivity contribution >= 4 is 0 Å². The molecular formula is C12H12N2O. The lowest BCUT2D eigenvalue weighted by atomic mass is 10.1. The molecule has 0 saturated carbocycles. The first-order valence-electron chi connectivity index (χ1n) is 4.81. The van der Waals surface area contributed by atoms with E-state index in [9.17, 15) is 4.79 Å². The molecule has 3 nitrogen and oxygen atoms in total. The Kier molecular flexibility index (Phi) is 2.63. The Balaban J connectivity index is 2.33. The maximum Gasteiger partial charge on any atom is 0.256 e. The minimum atomic E-state index is 0.0221. The molecule has 76 valence electrons. The molecule has 0 unspecified atom stereocenters. The number of rotatable bonds is 2. The van der Waals surface area contributed by atoms with Gasteiger partial charge in [-0.25, -0.2) is 4.98 Å². The van der Waals surface area contributed by atoms with E-state index in [2.05, 4.69) is 4.98 Å². The van der Waals surface area contributed by atoms with E-state index in [-0.39, 0.29) is 5.56 Å². The molecule has 1 aromatic carbocycles. The van der Waals surface area contributed by atoms with Crippen LogP contribution in [0.15, 0.2) is 47.7 Å². The van der Waals surface area contributed by atoms with Gasteiger partial charge in [-0.1, -0.05) is 30.3 Å². The molecule has 2 rings (SSSR count). The van der Waals surface area contributed by atoms with E-state index in [4.69, 9.17) is 0 Å². The molecule has 0 bridgehead atoms. The van der Waals surface area contributed by atoms with Gasteiger partial charge >= 0.3 is 0 Å². The highest BCUT2D eigenvalue weighted by Crippen LogP contribution is 2.03. The third kappa shape index (κ3) is 2.13. The fraction of sp³-hybridized carbons (Fsp3) is 0.167. The Labute approximate surface area is 88.0 Å². The lowest BCUT2D eigenvalue weighted by Gasteiger charge is -2.02. The van der Waals surface area contributed by atoms with Crippen LogP contribution in [0, 0.1) is 0 Å². The van der Waals surface area contributed by atoms with E-state index in [1.807, 2.05) is 30.3 Å². The van der Waals surface area contributed by atoms with Gasteiger partial charge in [-0.3, -0.25) is 4.79 Å². The molecule has 0 radical (unpaired) electrons. The zero-order valence-electron chi connectivity index (χ0n) is 8.55. The quantitative estimate of drug-likeness (QED) is 0.734. The van der Waals surface area contributed by atoms with Crippen molar-refractivity contribution in [2.45, 2.75) is 6.42 Å². The summed E-state index contributed by atoms with van der Waals surface area (Å²) in [7, 11) is 1.71. The Morgan fingerprint density at radius 3 is 2.73 bits per heavy atom. The molecule has 0 atom stereocenters. The Morgan fingerprint density at radius 1 is 1.27 bits per heavy atom. The average molecular weight is 200 g/mol. The van der Waals surface area contributed by atoms with E-state index in [0.29, 0.717) is 6.42 Å². The van der Waals surface area contributed by atoms with Crippen LogP contribution in [-0.2, 0) is 13.5 Å². The third-order valence-electron chi connectivity index (χ3n) is 2.30. The predicted molar refractivity (Wildman–Crippen MR) is 58.7 cm³/mol. The molecule has 0 spiro atoms. The van der Waals surface area contributed by atoms with E-state index in [0.717, 1.165) is 11.1 Å². The molecule has 1 heterocycles. The maximum atomic E-state index is 11.7. The first-order chi connectivity index (χ1) is 7.27. The largest absolute Gasteiger partial charge is 0.302 e. The van der Waals surface area contributed by atoms with Gasteiger partial charge in [0.2, 0.25) is 0 Å². The molecule has 0 fully saturated rings. The molecule has 1 aromatic heterocycles. The van der Waals surface area contributed by atoms with Gasteiger partial charge < -0.3 is 4.57 Å². The minimum absolute atomic E-state index is 0.0221. The summed E-state index contributed by atoms with van der Waals surface area (Å²) >= 11 is 0. The molecule has 0 N–H and O–H groups in total. The van der Waals surface area contributed by atoms with Crippen molar-refractivity contribution in [3.8, 4) is 0 Å². The predicted octanol–water partition coefficient (Wildman–Crippen LogP) is 1.37. The molecule has 0 aliphatic heterocycles.